The van der Waals surface area contributed by atoms with E-state index < -0.39 is 11.9 Å². The lowest BCUT2D eigenvalue weighted by Gasteiger charge is -2.30. The van der Waals surface area contributed by atoms with E-state index in [1.165, 1.54) is 0 Å². The summed E-state index contributed by atoms with van der Waals surface area (Å²) in [7, 11) is 0. The lowest BCUT2D eigenvalue weighted by molar-refractivity contribution is -0.138. The molecule has 8 heteroatoms. The van der Waals surface area contributed by atoms with Crippen LogP contribution in [0.15, 0.2) is 35.5 Å². The number of nitrogens with zero attached hydrogens (tertiary/aromatic N) is 1. The number of allylic oxidation sites excluding steroid dienone is 1. The molecular formula is C17H17ClN4O2S. The molecule has 1 atom stereocenters. The predicted octanol–water partition coefficient (Wildman–Crippen LogP) is 3.77. The molecule has 6 nitrogen and oxygen atoms in total. The minimum Gasteiger partial charge on any atom is -0.463 e. The van der Waals surface area contributed by atoms with Crippen LogP contribution >= 0.6 is 23.8 Å². The molecule has 1 unspecified atom stereocenters. The second-order valence-corrected chi connectivity index (χ2v) is 6.41. The first-order chi connectivity index (χ1) is 11.9. The highest BCUT2D eigenvalue weighted by molar-refractivity contribution is 7.71. The molecule has 130 valence electrons. The normalized spacial score (nSPS) is 16.2. The largest absolute Gasteiger partial charge is 0.463 e. The number of fused-ring (bicyclic) bond motifs is 1. The molecule has 0 saturated heterocycles. The molecule has 1 aromatic carbocycles. The molecule has 1 aliphatic heterocycles. The van der Waals surface area contributed by atoms with Crippen LogP contribution in [0.25, 0.3) is 0 Å². The van der Waals surface area contributed by atoms with Crippen molar-refractivity contribution in [1.82, 2.24) is 9.97 Å². The molecule has 2 heterocycles. The Balaban J connectivity index is 2.28. The number of nitrogens with two attached hydrogens (primary N) is 1. The maximum absolute atomic E-state index is 12.6. The first-order valence-corrected chi connectivity index (χ1v) is 8.51. The summed E-state index contributed by atoms with van der Waals surface area (Å²) >= 11 is 11.3. The fraction of sp³-hybridized carbons (Fsp3) is 0.235. The molecule has 1 aliphatic rings. The molecule has 2 aromatic rings. The number of rotatable bonds is 3. The van der Waals surface area contributed by atoms with Gasteiger partial charge in [-0.15, -0.1) is 0 Å². The van der Waals surface area contributed by atoms with Gasteiger partial charge in [0.2, 0.25) is 0 Å². The van der Waals surface area contributed by atoms with Crippen LogP contribution in [0.3, 0.4) is 0 Å². The Morgan fingerprint density at radius 1 is 1.48 bits per heavy atom. The van der Waals surface area contributed by atoms with Gasteiger partial charge in [0.25, 0.3) is 0 Å². The summed E-state index contributed by atoms with van der Waals surface area (Å²) < 4.78 is 5.52. The summed E-state index contributed by atoms with van der Waals surface area (Å²) in [5.41, 5.74) is 8.75. The number of carbonyl (C=O) groups is 1. The van der Waals surface area contributed by atoms with E-state index in [2.05, 4.69) is 15.3 Å². The number of anilines is 2. The Bertz CT molecular complexity index is 938. The highest BCUT2D eigenvalue weighted by Crippen LogP contribution is 2.43. The van der Waals surface area contributed by atoms with Gasteiger partial charge in [0.1, 0.15) is 11.6 Å². The predicted molar refractivity (Wildman–Crippen MR) is 100 cm³/mol. The van der Waals surface area contributed by atoms with Crippen LogP contribution in [-0.4, -0.2) is 22.5 Å². The van der Waals surface area contributed by atoms with Gasteiger partial charge in [0.15, 0.2) is 4.77 Å². The van der Waals surface area contributed by atoms with E-state index in [4.69, 9.17) is 34.3 Å². The van der Waals surface area contributed by atoms with Crippen LogP contribution in [0.2, 0.25) is 5.02 Å². The summed E-state index contributed by atoms with van der Waals surface area (Å²) in [6, 6.07) is 7.29. The first-order valence-electron chi connectivity index (χ1n) is 7.72. The van der Waals surface area contributed by atoms with Gasteiger partial charge in [-0.05, 0) is 43.8 Å². The maximum Gasteiger partial charge on any atom is 0.336 e. The zero-order valence-electron chi connectivity index (χ0n) is 13.7. The number of esters is 1. The van der Waals surface area contributed by atoms with Gasteiger partial charge in [-0.3, -0.25) is 0 Å². The zero-order valence-corrected chi connectivity index (χ0v) is 15.3. The number of aromatic nitrogens is 2. The molecule has 0 radical (unpaired) electrons. The van der Waals surface area contributed by atoms with Crippen LogP contribution in [0.4, 0.5) is 11.6 Å². The van der Waals surface area contributed by atoms with Crippen molar-refractivity contribution in [2.45, 2.75) is 19.8 Å². The summed E-state index contributed by atoms with van der Waals surface area (Å²) in [6.45, 7) is 3.83. The Hall–Kier alpha value is -2.38. The highest BCUT2D eigenvalue weighted by Gasteiger charge is 2.35. The standard InChI is InChI=1S/C17H17ClN4O2S/c1-3-24-16(23)11-8(2)20-15-13(14(19)21-17(25)22-15)12(11)9-5-4-6-10(18)7-9/h4-7,12H,3H2,1-2H3,(H4,19,20,21,22,25). The van der Waals surface area contributed by atoms with E-state index in [-0.39, 0.29) is 11.4 Å². The summed E-state index contributed by atoms with van der Waals surface area (Å²) in [6.07, 6.45) is 0. The van der Waals surface area contributed by atoms with Crippen LogP contribution in [-0.2, 0) is 9.53 Å². The molecule has 0 aliphatic carbocycles. The van der Waals surface area contributed by atoms with E-state index in [9.17, 15) is 4.79 Å². The quantitative estimate of drug-likeness (QED) is 0.557. The molecule has 0 bridgehead atoms. The second-order valence-electron chi connectivity index (χ2n) is 5.59. The van der Waals surface area contributed by atoms with Gasteiger partial charge < -0.3 is 20.8 Å². The van der Waals surface area contributed by atoms with Crippen LogP contribution in [0, 0.1) is 4.77 Å². The maximum atomic E-state index is 12.6. The summed E-state index contributed by atoms with van der Waals surface area (Å²) in [5.74, 6) is -0.00289. The van der Waals surface area contributed by atoms with Crippen LogP contribution < -0.4 is 11.1 Å². The third-order valence-corrected chi connectivity index (χ3v) is 4.39. The lowest BCUT2D eigenvalue weighted by Crippen LogP contribution is -2.26. The number of nitrogen functional groups attached to an aromatic ring is 1. The average Bonchev–Trinajstić information content (AvgIpc) is 2.53. The third kappa shape index (κ3) is 3.25. The number of H-pyrrole nitrogens is 1. The molecular weight excluding hydrogens is 360 g/mol. The fourth-order valence-electron chi connectivity index (χ4n) is 2.99. The van der Waals surface area contributed by atoms with E-state index in [0.717, 1.165) is 5.56 Å². The Kier molecular flexibility index (Phi) is 4.78. The van der Waals surface area contributed by atoms with Crippen LogP contribution in [0.1, 0.15) is 30.9 Å². The topological polar surface area (TPSA) is 93.0 Å². The molecule has 0 saturated carbocycles. The van der Waals surface area contributed by atoms with Crippen molar-refractivity contribution in [3.8, 4) is 0 Å². The van der Waals surface area contributed by atoms with Crippen molar-refractivity contribution in [2.75, 3.05) is 17.7 Å². The number of benzene rings is 1. The molecule has 3 rings (SSSR count). The summed E-state index contributed by atoms with van der Waals surface area (Å²) in [4.78, 5) is 19.8. The van der Waals surface area contributed by atoms with Crippen molar-refractivity contribution in [2.24, 2.45) is 0 Å². The Morgan fingerprint density at radius 2 is 2.24 bits per heavy atom. The smallest absolute Gasteiger partial charge is 0.336 e. The van der Waals surface area contributed by atoms with Crippen molar-refractivity contribution < 1.29 is 9.53 Å². The van der Waals surface area contributed by atoms with E-state index in [1.807, 2.05) is 12.1 Å². The zero-order chi connectivity index (χ0) is 18.1. The first kappa shape index (κ1) is 17.4. The van der Waals surface area contributed by atoms with Gasteiger partial charge in [-0.25, -0.2) is 9.78 Å². The number of aromatic amines is 1. The van der Waals surface area contributed by atoms with Crippen molar-refractivity contribution in [3.05, 3.63) is 56.5 Å². The van der Waals surface area contributed by atoms with Gasteiger partial charge in [-0.2, -0.15) is 0 Å². The molecule has 0 spiro atoms. The fourth-order valence-corrected chi connectivity index (χ4v) is 3.39. The minimum atomic E-state index is -0.464. The number of nitrogens with one attached hydrogen (secondary N) is 2. The second kappa shape index (κ2) is 6.85. The van der Waals surface area contributed by atoms with Gasteiger partial charge in [0.05, 0.1) is 18.1 Å². The highest BCUT2D eigenvalue weighted by atomic mass is 35.5. The SMILES string of the molecule is CCOC(=O)C1=C(C)Nc2nc(=S)[nH]c(N)c2C1c1cccc(Cl)c1. The molecule has 1 aromatic heterocycles. The lowest BCUT2D eigenvalue weighted by atomic mass is 9.82. The Morgan fingerprint density at radius 3 is 2.92 bits per heavy atom. The number of hydrogen-bond donors (Lipinski definition) is 3. The molecule has 0 amide bonds. The van der Waals surface area contributed by atoms with Gasteiger partial charge in [0, 0.05) is 16.3 Å². The number of hydrogen-bond acceptors (Lipinski definition) is 6. The molecule has 4 N–H and O–H groups in total. The van der Waals surface area contributed by atoms with Gasteiger partial charge in [-0.1, -0.05) is 23.7 Å². The van der Waals surface area contributed by atoms with Crippen molar-refractivity contribution in [1.29, 1.82) is 0 Å². The minimum absolute atomic E-state index is 0.265. The monoisotopic (exact) mass is 376 g/mol. The Labute approximate surface area is 155 Å². The average molecular weight is 377 g/mol. The number of ether oxygens (including phenoxy) is 1. The van der Waals surface area contributed by atoms with Crippen molar-refractivity contribution >= 4 is 41.4 Å². The number of halogens is 1. The van der Waals surface area contributed by atoms with E-state index >= 15 is 0 Å². The van der Waals surface area contributed by atoms with Crippen LogP contribution in [0.5, 0.6) is 0 Å². The van der Waals surface area contributed by atoms with E-state index in [0.29, 0.717) is 33.5 Å². The number of carbonyl (C=O) groups excluding carboxylic acids is 1. The third-order valence-electron chi connectivity index (χ3n) is 3.96. The van der Waals surface area contributed by atoms with Crippen molar-refractivity contribution in [3.63, 3.8) is 0 Å². The molecule has 0 fully saturated rings. The summed E-state index contributed by atoms with van der Waals surface area (Å²) in [5, 5.41) is 3.68. The van der Waals surface area contributed by atoms with E-state index in [1.54, 1.807) is 26.0 Å². The molecule has 25 heavy (non-hydrogen) atoms. The van der Waals surface area contributed by atoms with Gasteiger partial charge >= 0.3 is 5.97 Å².